The van der Waals surface area contributed by atoms with Crippen LogP contribution in [-0.2, 0) is 21.3 Å². The van der Waals surface area contributed by atoms with Gasteiger partial charge in [-0.3, -0.25) is 0 Å². The fourth-order valence-electron chi connectivity index (χ4n) is 3.70. The highest BCUT2D eigenvalue weighted by Gasteiger charge is 2.26. The monoisotopic (exact) mass is 497 g/mol. The second kappa shape index (κ2) is 9.74. The summed E-state index contributed by atoms with van der Waals surface area (Å²) >= 11 is 3.29. The number of morpholine rings is 1. The Kier molecular flexibility index (Phi) is 6.57. The number of aromatic nitrogens is 1. The van der Waals surface area contributed by atoms with Gasteiger partial charge in [-0.1, -0.05) is 36.4 Å². The highest BCUT2D eigenvalue weighted by molar-refractivity contribution is 7.89. The molecule has 6 nitrogen and oxygen atoms in total. The molecule has 2 aromatic heterocycles. The molecule has 33 heavy (non-hydrogen) atoms. The van der Waals surface area contributed by atoms with E-state index < -0.39 is 10.0 Å². The summed E-state index contributed by atoms with van der Waals surface area (Å²) < 4.78 is 34.7. The minimum Gasteiger partial charge on any atom is -0.379 e. The first-order chi connectivity index (χ1) is 16.1. The van der Waals surface area contributed by atoms with E-state index in [1.54, 1.807) is 46.9 Å². The fourth-order valence-corrected chi connectivity index (χ4v) is 6.85. The number of hydrogen-bond acceptors (Lipinski definition) is 6. The molecule has 0 unspecified atom stereocenters. The van der Waals surface area contributed by atoms with Gasteiger partial charge < -0.3 is 9.30 Å². The van der Waals surface area contributed by atoms with Crippen LogP contribution >= 0.6 is 22.7 Å². The molecule has 0 aliphatic carbocycles. The molecule has 0 amide bonds. The van der Waals surface area contributed by atoms with E-state index in [4.69, 9.17) is 9.73 Å². The van der Waals surface area contributed by atoms with Gasteiger partial charge in [0, 0.05) is 18.5 Å². The summed E-state index contributed by atoms with van der Waals surface area (Å²) in [4.78, 5) is 7.20. The summed E-state index contributed by atoms with van der Waals surface area (Å²) in [6, 6.07) is 21.3. The molecule has 3 heterocycles. The van der Waals surface area contributed by atoms with Crippen molar-refractivity contribution in [3.8, 4) is 10.6 Å². The first-order valence-corrected chi connectivity index (χ1v) is 13.8. The number of nitrogens with zero attached hydrogens (tertiary/aromatic N) is 3. The van der Waals surface area contributed by atoms with Crippen molar-refractivity contribution in [1.82, 2.24) is 8.87 Å². The van der Waals surface area contributed by atoms with E-state index in [1.807, 2.05) is 18.2 Å². The maximum atomic E-state index is 12.9. The molecule has 1 aliphatic rings. The molecule has 1 fully saturated rings. The van der Waals surface area contributed by atoms with Crippen LogP contribution in [0.15, 0.2) is 87.4 Å². The quantitative estimate of drug-likeness (QED) is 0.392. The summed E-state index contributed by atoms with van der Waals surface area (Å²) in [5.74, 6) is 0. The van der Waals surface area contributed by atoms with Crippen molar-refractivity contribution >= 4 is 38.4 Å². The summed E-state index contributed by atoms with van der Waals surface area (Å²) in [6.07, 6.45) is 0. The van der Waals surface area contributed by atoms with Gasteiger partial charge in [0.2, 0.25) is 10.0 Å². The molecule has 0 spiro atoms. The number of ether oxygens (including phenoxy) is 1. The second-order valence-electron chi connectivity index (χ2n) is 7.57. The number of benzene rings is 2. The van der Waals surface area contributed by atoms with E-state index in [0.717, 1.165) is 16.2 Å². The molecule has 170 valence electrons. The van der Waals surface area contributed by atoms with Crippen LogP contribution in [0.4, 0.5) is 5.69 Å². The Hall–Kier alpha value is -2.56. The van der Waals surface area contributed by atoms with Crippen LogP contribution < -0.4 is 4.80 Å². The third-order valence-electron chi connectivity index (χ3n) is 5.42. The molecule has 0 atom stereocenters. The average Bonchev–Trinajstić information content (AvgIpc) is 3.51. The van der Waals surface area contributed by atoms with Crippen molar-refractivity contribution in [3.05, 3.63) is 87.9 Å². The maximum Gasteiger partial charge on any atom is 0.243 e. The van der Waals surface area contributed by atoms with Gasteiger partial charge in [-0.2, -0.15) is 4.31 Å². The van der Waals surface area contributed by atoms with Crippen LogP contribution in [0.25, 0.3) is 10.6 Å². The minimum atomic E-state index is -3.52. The average molecular weight is 498 g/mol. The van der Waals surface area contributed by atoms with Crippen molar-refractivity contribution in [2.24, 2.45) is 4.99 Å². The molecule has 4 aromatic rings. The molecular formula is C24H23N3O3S3. The van der Waals surface area contributed by atoms with E-state index in [2.05, 4.69) is 39.6 Å². The third-order valence-corrected chi connectivity index (χ3v) is 9.09. The number of thiophene rings is 1. The van der Waals surface area contributed by atoms with Crippen LogP contribution in [0.3, 0.4) is 0 Å². The third kappa shape index (κ3) is 4.87. The molecule has 1 saturated heterocycles. The van der Waals surface area contributed by atoms with Crippen LogP contribution in [0.1, 0.15) is 5.56 Å². The first kappa shape index (κ1) is 22.2. The molecule has 1 aliphatic heterocycles. The van der Waals surface area contributed by atoms with Crippen molar-refractivity contribution in [3.63, 3.8) is 0 Å². The molecular weight excluding hydrogens is 474 g/mol. The van der Waals surface area contributed by atoms with Gasteiger partial charge >= 0.3 is 0 Å². The highest BCUT2D eigenvalue weighted by atomic mass is 32.2. The van der Waals surface area contributed by atoms with Gasteiger partial charge in [-0.25, -0.2) is 13.4 Å². The lowest BCUT2D eigenvalue weighted by atomic mass is 10.2. The van der Waals surface area contributed by atoms with Gasteiger partial charge in [0.15, 0.2) is 4.80 Å². The second-order valence-corrected chi connectivity index (χ2v) is 11.3. The molecule has 2 aromatic carbocycles. The largest absolute Gasteiger partial charge is 0.379 e. The molecule has 0 bridgehead atoms. The Labute approximate surface area is 201 Å². The number of hydrogen-bond donors (Lipinski definition) is 0. The van der Waals surface area contributed by atoms with E-state index in [-0.39, 0.29) is 4.90 Å². The summed E-state index contributed by atoms with van der Waals surface area (Å²) in [5.41, 5.74) is 3.04. The Morgan fingerprint density at radius 3 is 2.36 bits per heavy atom. The lowest BCUT2D eigenvalue weighted by molar-refractivity contribution is 0.0730. The summed E-state index contributed by atoms with van der Waals surface area (Å²) in [6.45, 7) is 2.33. The smallest absolute Gasteiger partial charge is 0.243 e. The fraction of sp³-hybridized carbons (Fsp3) is 0.208. The number of rotatable bonds is 6. The predicted octanol–water partition coefficient (Wildman–Crippen LogP) is 4.58. The summed E-state index contributed by atoms with van der Waals surface area (Å²) in [5, 5.41) is 4.20. The topological polar surface area (TPSA) is 63.9 Å². The van der Waals surface area contributed by atoms with E-state index in [0.29, 0.717) is 32.8 Å². The van der Waals surface area contributed by atoms with E-state index in [1.165, 1.54) is 14.7 Å². The molecule has 0 radical (unpaired) electrons. The van der Waals surface area contributed by atoms with Gasteiger partial charge in [0.05, 0.1) is 40.9 Å². The minimum absolute atomic E-state index is 0.283. The number of thiazole rings is 1. The lowest BCUT2D eigenvalue weighted by Gasteiger charge is -2.26. The van der Waals surface area contributed by atoms with Crippen molar-refractivity contribution < 1.29 is 13.2 Å². The molecule has 5 rings (SSSR count). The molecule has 9 heteroatoms. The summed E-state index contributed by atoms with van der Waals surface area (Å²) in [7, 11) is -3.52. The van der Waals surface area contributed by atoms with Crippen LogP contribution in [0.2, 0.25) is 0 Å². The number of sulfonamides is 1. The zero-order valence-electron chi connectivity index (χ0n) is 17.8. The van der Waals surface area contributed by atoms with Gasteiger partial charge in [0.1, 0.15) is 0 Å². The van der Waals surface area contributed by atoms with Gasteiger partial charge in [-0.05, 0) is 41.3 Å². The predicted molar refractivity (Wildman–Crippen MR) is 132 cm³/mol. The van der Waals surface area contributed by atoms with Crippen molar-refractivity contribution in [2.75, 3.05) is 26.3 Å². The van der Waals surface area contributed by atoms with Gasteiger partial charge in [-0.15, -0.1) is 22.7 Å². The van der Waals surface area contributed by atoms with Crippen molar-refractivity contribution in [1.29, 1.82) is 0 Å². The Morgan fingerprint density at radius 1 is 0.909 bits per heavy atom. The van der Waals surface area contributed by atoms with Crippen LogP contribution in [0.5, 0.6) is 0 Å². The highest BCUT2D eigenvalue weighted by Crippen LogP contribution is 2.26. The zero-order chi connectivity index (χ0) is 22.7. The van der Waals surface area contributed by atoms with E-state index >= 15 is 0 Å². The standard InChI is InChI=1S/C24H23N3O3S3/c28-33(29,26-12-14-30-15-13-26)21-10-8-20(9-11-21)25-24-27(17-19-5-2-1-3-6-19)22(18-32-24)23-7-4-16-31-23/h1-11,16,18H,12-15,17H2. The maximum absolute atomic E-state index is 12.9. The Bertz CT molecular complexity index is 1370. The van der Waals surface area contributed by atoms with Crippen LogP contribution in [0, 0.1) is 0 Å². The molecule has 0 N–H and O–H groups in total. The van der Waals surface area contributed by atoms with Gasteiger partial charge in [0.25, 0.3) is 0 Å². The Balaban J connectivity index is 1.49. The first-order valence-electron chi connectivity index (χ1n) is 10.6. The SMILES string of the molecule is O=S(=O)(c1ccc(N=c2scc(-c3cccs3)n2Cc2ccccc2)cc1)N1CCOCC1. The lowest BCUT2D eigenvalue weighted by Crippen LogP contribution is -2.40. The normalized spacial score (nSPS) is 15.7. The zero-order valence-corrected chi connectivity index (χ0v) is 20.3. The van der Waals surface area contributed by atoms with Crippen molar-refractivity contribution in [2.45, 2.75) is 11.4 Å². The molecule has 0 saturated carbocycles. The van der Waals surface area contributed by atoms with Crippen LogP contribution in [-0.4, -0.2) is 43.6 Å². The van der Waals surface area contributed by atoms with E-state index in [9.17, 15) is 8.42 Å². The Morgan fingerprint density at radius 2 is 1.67 bits per heavy atom.